The van der Waals surface area contributed by atoms with Crippen LogP contribution in [0.1, 0.15) is 46.7 Å². The maximum atomic E-state index is 6.13. The maximum Gasteiger partial charge on any atom is 0.214 e. The van der Waals surface area contributed by atoms with Gasteiger partial charge in [0.05, 0.1) is 10.7 Å². The van der Waals surface area contributed by atoms with Crippen molar-refractivity contribution in [3.05, 3.63) is 22.8 Å². The van der Waals surface area contributed by atoms with Gasteiger partial charge in [-0.2, -0.15) is 0 Å². The van der Waals surface area contributed by atoms with Crippen molar-refractivity contribution in [2.24, 2.45) is 0 Å². The summed E-state index contributed by atoms with van der Waals surface area (Å²) in [7, 11) is 0. The molecular formula is C14H23ClN2O. The lowest BCUT2D eigenvalue weighted by molar-refractivity contribution is 0.0987. The van der Waals surface area contributed by atoms with Crippen LogP contribution in [0.4, 0.5) is 0 Å². The van der Waals surface area contributed by atoms with Crippen LogP contribution in [0.3, 0.4) is 0 Å². The van der Waals surface area contributed by atoms with Crippen LogP contribution in [0.2, 0.25) is 5.02 Å². The summed E-state index contributed by atoms with van der Waals surface area (Å²) in [5.41, 5.74) is 0.624. The monoisotopic (exact) mass is 270 g/mol. The van der Waals surface area contributed by atoms with Crippen LogP contribution >= 0.6 is 11.6 Å². The highest BCUT2D eigenvalue weighted by molar-refractivity contribution is 6.31. The highest BCUT2D eigenvalue weighted by Crippen LogP contribution is 2.22. The first-order valence-electron chi connectivity index (χ1n) is 6.42. The number of halogens is 1. The molecule has 0 bridgehead atoms. The van der Waals surface area contributed by atoms with Crippen molar-refractivity contribution in [1.82, 2.24) is 10.3 Å². The fourth-order valence-corrected chi connectivity index (χ4v) is 1.47. The number of rotatable bonds is 6. The number of nitrogens with zero attached hydrogens (tertiary/aromatic N) is 1. The van der Waals surface area contributed by atoms with Crippen molar-refractivity contribution in [2.45, 2.75) is 59.2 Å². The summed E-state index contributed by atoms with van der Waals surface area (Å²) in [6.07, 6.45) is 0.927. The van der Waals surface area contributed by atoms with E-state index >= 15 is 0 Å². The van der Waals surface area contributed by atoms with Gasteiger partial charge in [0, 0.05) is 18.7 Å². The van der Waals surface area contributed by atoms with Gasteiger partial charge in [-0.05, 0) is 26.3 Å². The van der Waals surface area contributed by atoms with Crippen LogP contribution in [0, 0.1) is 0 Å². The van der Waals surface area contributed by atoms with Gasteiger partial charge < -0.3 is 10.1 Å². The van der Waals surface area contributed by atoms with Crippen molar-refractivity contribution in [3.8, 4) is 5.88 Å². The number of ether oxygens (including phenoxy) is 1. The summed E-state index contributed by atoms with van der Waals surface area (Å²) in [6.45, 7) is 11.0. The summed E-state index contributed by atoms with van der Waals surface area (Å²) in [6, 6.07) is 4.06. The molecule has 0 amide bonds. The third kappa shape index (κ3) is 4.83. The quantitative estimate of drug-likeness (QED) is 0.854. The second-order valence-corrected chi connectivity index (χ2v) is 5.74. The Kier molecular flexibility index (Phi) is 5.42. The molecule has 4 heteroatoms. The Labute approximate surface area is 115 Å². The first-order valence-corrected chi connectivity index (χ1v) is 6.79. The third-order valence-corrected chi connectivity index (χ3v) is 3.15. The molecule has 0 spiro atoms. The van der Waals surface area contributed by atoms with E-state index in [1.54, 1.807) is 0 Å². The first-order chi connectivity index (χ1) is 8.34. The molecule has 0 radical (unpaired) electrons. The number of nitrogens with one attached hydrogen (secondary N) is 1. The zero-order valence-corrected chi connectivity index (χ0v) is 12.6. The van der Waals surface area contributed by atoms with Gasteiger partial charge in [-0.1, -0.05) is 32.4 Å². The summed E-state index contributed by atoms with van der Waals surface area (Å²) in [5, 5.41) is 3.98. The smallest absolute Gasteiger partial charge is 0.214 e. The summed E-state index contributed by atoms with van der Waals surface area (Å²) in [4.78, 5) is 4.46. The molecule has 18 heavy (non-hydrogen) atoms. The van der Waals surface area contributed by atoms with E-state index in [4.69, 9.17) is 16.3 Å². The molecule has 1 rings (SSSR count). The second-order valence-electron chi connectivity index (χ2n) is 5.33. The van der Waals surface area contributed by atoms with Gasteiger partial charge in [0.25, 0.3) is 0 Å². The van der Waals surface area contributed by atoms with E-state index < -0.39 is 0 Å². The lowest BCUT2D eigenvalue weighted by Gasteiger charge is -2.24. The normalized spacial score (nSPS) is 11.9. The number of hydrogen-bond donors (Lipinski definition) is 1. The maximum absolute atomic E-state index is 6.13. The Morgan fingerprint density at radius 3 is 2.61 bits per heavy atom. The molecule has 1 aromatic heterocycles. The van der Waals surface area contributed by atoms with E-state index in [0.717, 1.165) is 12.1 Å². The van der Waals surface area contributed by atoms with Gasteiger partial charge in [-0.25, -0.2) is 4.98 Å². The Hall–Kier alpha value is -0.800. The zero-order chi connectivity index (χ0) is 13.8. The molecule has 0 saturated heterocycles. The van der Waals surface area contributed by atoms with E-state index in [1.807, 2.05) is 12.1 Å². The van der Waals surface area contributed by atoms with Gasteiger partial charge in [0.15, 0.2) is 0 Å². The molecule has 1 aromatic rings. The molecule has 102 valence electrons. The topological polar surface area (TPSA) is 34.1 Å². The molecule has 3 nitrogen and oxygen atoms in total. The minimum Gasteiger partial charge on any atom is -0.472 e. The van der Waals surface area contributed by atoms with Crippen molar-refractivity contribution in [2.75, 3.05) is 0 Å². The van der Waals surface area contributed by atoms with Gasteiger partial charge in [-0.3, -0.25) is 0 Å². The molecule has 1 heterocycles. The summed E-state index contributed by atoms with van der Waals surface area (Å²) >= 11 is 6.13. The molecule has 0 fully saturated rings. The van der Waals surface area contributed by atoms with Crippen LogP contribution < -0.4 is 10.1 Å². The van der Waals surface area contributed by atoms with E-state index in [1.165, 1.54) is 0 Å². The standard InChI is InChI=1S/C14H23ClN2O/c1-6-14(4,5)18-13-8-7-11(15)12(17-13)9-16-10(2)3/h7-8,10,16H,6,9H2,1-5H3. The van der Waals surface area contributed by atoms with Crippen molar-refractivity contribution in [1.29, 1.82) is 0 Å². The zero-order valence-electron chi connectivity index (χ0n) is 11.9. The molecule has 0 aliphatic carbocycles. The molecule has 1 N–H and O–H groups in total. The lowest BCUT2D eigenvalue weighted by Crippen LogP contribution is -2.28. The average Bonchev–Trinajstić information content (AvgIpc) is 2.29. The van der Waals surface area contributed by atoms with Gasteiger partial charge in [0.2, 0.25) is 5.88 Å². The molecule has 0 unspecified atom stereocenters. The lowest BCUT2D eigenvalue weighted by atomic mass is 10.1. The summed E-state index contributed by atoms with van der Waals surface area (Å²) < 4.78 is 5.86. The number of pyridine rings is 1. The Balaban J connectivity index is 2.80. The molecule has 0 aromatic carbocycles. The van der Waals surface area contributed by atoms with Crippen LogP contribution in [0.25, 0.3) is 0 Å². The fraction of sp³-hybridized carbons (Fsp3) is 0.643. The molecule has 0 atom stereocenters. The predicted octanol–water partition coefficient (Wildman–Crippen LogP) is 3.80. The van der Waals surface area contributed by atoms with E-state index in [0.29, 0.717) is 23.5 Å². The molecule has 0 aliphatic rings. The van der Waals surface area contributed by atoms with Gasteiger partial charge >= 0.3 is 0 Å². The van der Waals surface area contributed by atoms with Crippen LogP contribution in [0.5, 0.6) is 5.88 Å². The predicted molar refractivity (Wildman–Crippen MR) is 76.2 cm³/mol. The highest BCUT2D eigenvalue weighted by atomic mass is 35.5. The van der Waals surface area contributed by atoms with Crippen molar-refractivity contribution < 1.29 is 4.74 Å². The van der Waals surface area contributed by atoms with Crippen molar-refractivity contribution >= 4 is 11.6 Å². The highest BCUT2D eigenvalue weighted by Gasteiger charge is 2.18. The molecule has 0 aliphatic heterocycles. The van der Waals surface area contributed by atoms with Crippen LogP contribution in [0.15, 0.2) is 12.1 Å². The van der Waals surface area contributed by atoms with Gasteiger partial charge in [-0.15, -0.1) is 0 Å². The van der Waals surface area contributed by atoms with E-state index in [9.17, 15) is 0 Å². The Morgan fingerprint density at radius 2 is 2.06 bits per heavy atom. The third-order valence-electron chi connectivity index (χ3n) is 2.80. The van der Waals surface area contributed by atoms with E-state index in [-0.39, 0.29) is 5.60 Å². The van der Waals surface area contributed by atoms with Crippen LogP contribution in [-0.2, 0) is 6.54 Å². The molecular weight excluding hydrogens is 248 g/mol. The second kappa shape index (κ2) is 6.39. The number of aromatic nitrogens is 1. The Morgan fingerprint density at radius 1 is 1.39 bits per heavy atom. The van der Waals surface area contributed by atoms with E-state index in [2.05, 4.69) is 44.9 Å². The minimum atomic E-state index is -0.205. The molecule has 0 saturated carbocycles. The Bertz CT molecular complexity index is 391. The van der Waals surface area contributed by atoms with Gasteiger partial charge in [0.1, 0.15) is 5.60 Å². The van der Waals surface area contributed by atoms with Crippen molar-refractivity contribution in [3.63, 3.8) is 0 Å². The largest absolute Gasteiger partial charge is 0.472 e. The number of hydrogen-bond acceptors (Lipinski definition) is 3. The minimum absolute atomic E-state index is 0.205. The fourth-order valence-electron chi connectivity index (χ4n) is 1.30. The SMILES string of the molecule is CCC(C)(C)Oc1ccc(Cl)c(CNC(C)C)n1. The first kappa shape index (κ1) is 15.3. The summed E-state index contributed by atoms with van der Waals surface area (Å²) in [5.74, 6) is 0.631. The van der Waals surface area contributed by atoms with Crippen LogP contribution in [-0.4, -0.2) is 16.6 Å². The average molecular weight is 271 g/mol.